The highest BCUT2D eigenvalue weighted by Crippen LogP contribution is 2.35. The van der Waals surface area contributed by atoms with Crippen LogP contribution in [0.5, 0.6) is 0 Å². The fourth-order valence-electron chi connectivity index (χ4n) is 5.67. The molecule has 39 heavy (non-hydrogen) atoms. The van der Waals surface area contributed by atoms with Crippen LogP contribution in [0.15, 0.2) is 0 Å². The summed E-state index contributed by atoms with van der Waals surface area (Å²) < 4.78 is 0. The summed E-state index contributed by atoms with van der Waals surface area (Å²) in [6, 6.07) is 0. The van der Waals surface area contributed by atoms with Gasteiger partial charge in [-0.1, -0.05) is 69.2 Å². The molecule has 1 unspecified atom stereocenters. The maximum Gasteiger partial charge on any atom is 0.221 e. The zero-order valence-electron chi connectivity index (χ0n) is 27.2. The van der Waals surface area contributed by atoms with Crippen molar-refractivity contribution in [2.24, 2.45) is 21.7 Å². The number of carbonyl (C=O) groups excluding carboxylic acids is 2. The van der Waals surface area contributed by atoms with E-state index >= 15 is 0 Å². The van der Waals surface area contributed by atoms with E-state index in [-0.39, 0.29) is 46.7 Å². The minimum absolute atomic E-state index is 0.0146. The number of nitrogens with zero attached hydrogens (tertiary/aromatic N) is 2. The molecule has 0 aromatic carbocycles. The molecule has 1 atom stereocenters. The number of hydrogen-bond donors (Lipinski definition) is 4. The van der Waals surface area contributed by atoms with Crippen LogP contribution in [0.1, 0.15) is 101 Å². The second-order valence-electron chi connectivity index (χ2n) is 15.0. The molecule has 0 fully saturated rings. The number of amides is 2. The van der Waals surface area contributed by atoms with Gasteiger partial charge in [-0.2, -0.15) is 0 Å². The van der Waals surface area contributed by atoms with Crippen LogP contribution >= 0.6 is 0 Å². The number of aliphatic hydroxyl groups excluding tert-OH is 2. The minimum Gasteiger partial charge on any atom is -0.395 e. The van der Waals surface area contributed by atoms with Gasteiger partial charge < -0.3 is 25.7 Å². The summed E-state index contributed by atoms with van der Waals surface area (Å²) in [7, 11) is 0. The molecule has 0 radical (unpaired) electrons. The molecule has 8 heteroatoms. The van der Waals surface area contributed by atoms with E-state index in [0.717, 1.165) is 19.3 Å². The Morgan fingerprint density at radius 2 is 1.03 bits per heavy atom. The Bertz CT molecular complexity index is 694. The maximum absolute atomic E-state index is 12.8. The monoisotopic (exact) mass is 556 g/mol. The third-order valence-corrected chi connectivity index (χ3v) is 7.17. The maximum atomic E-state index is 12.8. The van der Waals surface area contributed by atoms with Crippen molar-refractivity contribution in [1.29, 1.82) is 0 Å². The first-order valence-electron chi connectivity index (χ1n) is 15.0. The average molecular weight is 557 g/mol. The normalized spacial score (nSPS) is 14.5. The van der Waals surface area contributed by atoms with Gasteiger partial charge in [-0.05, 0) is 40.9 Å². The molecule has 0 aromatic heterocycles. The smallest absolute Gasteiger partial charge is 0.221 e. The zero-order valence-corrected chi connectivity index (χ0v) is 27.2. The number of nitrogens with one attached hydrogen (secondary N) is 2. The molecule has 0 rings (SSSR count). The predicted octanol–water partition coefficient (Wildman–Crippen LogP) is 3.90. The molecule has 0 bridgehead atoms. The third kappa shape index (κ3) is 20.3. The molecule has 0 heterocycles. The molecule has 0 aliphatic carbocycles. The van der Waals surface area contributed by atoms with Gasteiger partial charge in [0.2, 0.25) is 11.8 Å². The highest BCUT2D eigenvalue weighted by molar-refractivity contribution is 5.76. The van der Waals surface area contributed by atoms with Crippen LogP contribution in [0.25, 0.3) is 0 Å². The van der Waals surface area contributed by atoms with Gasteiger partial charge in [0.1, 0.15) is 0 Å². The Morgan fingerprint density at radius 1 is 0.615 bits per heavy atom. The Balaban J connectivity index is 5.02. The molecule has 0 aliphatic heterocycles. The summed E-state index contributed by atoms with van der Waals surface area (Å²) in [5.74, 6) is 0.0550. The second-order valence-corrected chi connectivity index (χ2v) is 15.0. The first-order chi connectivity index (χ1) is 17.8. The van der Waals surface area contributed by atoms with Crippen LogP contribution in [-0.2, 0) is 9.59 Å². The van der Waals surface area contributed by atoms with Crippen LogP contribution in [-0.4, -0.2) is 97.4 Å². The van der Waals surface area contributed by atoms with Crippen molar-refractivity contribution in [3.05, 3.63) is 0 Å². The number of carbonyl (C=O) groups is 2. The van der Waals surface area contributed by atoms with Crippen molar-refractivity contribution in [3.8, 4) is 0 Å². The van der Waals surface area contributed by atoms with Crippen LogP contribution in [0, 0.1) is 21.7 Å². The lowest BCUT2D eigenvalue weighted by atomic mass is 9.73. The highest BCUT2D eigenvalue weighted by atomic mass is 16.3. The van der Waals surface area contributed by atoms with Gasteiger partial charge >= 0.3 is 0 Å². The van der Waals surface area contributed by atoms with Gasteiger partial charge in [-0.15, -0.1) is 0 Å². The Hall–Kier alpha value is -1.22. The van der Waals surface area contributed by atoms with Crippen molar-refractivity contribution in [2.45, 2.75) is 101 Å². The second kappa shape index (κ2) is 17.6. The molecule has 8 nitrogen and oxygen atoms in total. The predicted molar refractivity (Wildman–Crippen MR) is 163 cm³/mol. The van der Waals surface area contributed by atoms with Crippen LogP contribution < -0.4 is 10.6 Å². The average Bonchev–Trinajstić information content (AvgIpc) is 2.78. The van der Waals surface area contributed by atoms with E-state index in [9.17, 15) is 19.8 Å². The topological polar surface area (TPSA) is 105 Å². The molecule has 0 saturated carbocycles. The molecule has 2 amide bonds. The van der Waals surface area contributed by atoms with E-state index in [2.05, 4.69) is 84.8 Å². The summed E-state index contributed by atoms with van der Waals surface area (Å²) >= 11 is 0. The quantitative estimate of drug-likeness (QED) is 0.181. The molecule has 0 aromatic rings. The molecule has 0 aliphatic rings. The van der Waals surface area contributed by atoms with Crippen molar-refractivity contribution in [1.82, 2.24) is 20.4 Å². The molecular weight excluding hydrogens is 492 g/mol. The van der Waals surface area contributed by atoms with Gasteiger partial charge in [0.15, 0.2) is 0 Å². The van der Waals surface area contributed by atoms with E-state index in [1.807, 2.05) is 4.90 Å². The summed E-state index contributed by atoms with van der Waals surface area (Å²) in [5.41, 5.74) is 0.466. The lowest BCUT2D eigenvalue weighted by molar-refractivity contribution is -0.122. The van der Waals surface area contributed by atoms with E-state index in [4.69, 9.17) is 0 Å². The third-order valence-electron chi connectivity index (χ3n) is 7.17. The Labute approximate surface area is 240 Å². The molecule has 0 saturated heterocycles. The van der Waals surface area contributed by atoms with E-state index < -0.39 is 0 Å². The van der Waals surface area contributed by atoms with Gasteiger partial charge in [0, 0.05) is 65.2 Å². The van der Waals surface area contributed by atoms with Crippen LogP contribution in [0.3, 0.4) is 0 Å². The van der Waals surface area contributed by atoms with E-state index in [1.165, 1.54) is 0 Å². The van der Waals surface area contributed by atoms with Crippen LogP contribution in [0.4, 0.5) is 0 Å². The zero-order chi connectivity index (χ0) is 30.3. The van der Waals surface area contributed by atoms with Gasteiger partial charge in [-0.3, -0.25) is 14.5 Å². The fourth-order valence-corrected chi connectivity index (χ4v) is 5.67. The molecule has 0 spiro atoms. The summed E-state index contributed by atoms with van der Waals surface area (Å²) in [6.07, 6.45) is 3.79. The first kappa shape index (κ1) is 37.8. The van der Waals surface area contributed by atoms with Crippen molar-refractivity contribution in [2.75, 3.05) is 65.6 Å². The van der Waals surface area contributed by atoms with Crippen molar-refractivity contribution >= 4 is 11.8 Å². The molecular formula is C31H64N4O4. The Morgan fingerprint density at radius 3 is 1.41 bits per heavy atom. The molecule has 232 valence electrons. The lowest BCUT2D eigenvalue weighted by Gasteiger charge is -2.35. The first-order valence-corrected chi connectivity index (χ1v) is 15.0. The number of hydrogen-bond acceptors (Lipinski definition) is 6. The molecule has 4 N–H and O–H groups in total. The summed E-state index contributed by atoms with van der Waals surface area (Å²) in [5, 5.41) is 25.0. The SMILES string of the molecule is CCC(C)(CNC(=O)CCN(CCC(=O)NCC(C)(C)CC(C)(C)C)CCN(CCO)CCO)CC(C)(C)C. The summed E-state index contributed by atoms with van der Waals surface area (Å²) in [6.45, 7) is 26.9. The van der Waals surface area contributed by atoms with Crippen molar-refractivity contribution < 1.29 is 19.8 Å². The van der Waals surface area contributed by atoms with Crippen LogP contribution in [0.2, 0.25) is 0 Å². The van der Waals surface area contributed by atoms with Gasteiger partial charge in [0.05, 0.1) is 13.2 Å². The van der Waals surface area contributed by atoms with E-state index in [0.29, 0.717) is 65.2 Å². The standard InChI is InChI=1S/C31H64N4O4/c1-11-31(10,23-29(5,6)7)25-33-27(39)13-15-34(16-17-35(18-20-36)19-21-37)14-12-26(38)32-24-30(8,9)22-28(2,3)4/h36-37H,11-25H2,1-10H3,(H,32,38)(H,33,39). The summed E-state index contributed by atoms with van der Waals surface area (Å²) in [4.78, 5) is 29.6. The number of aliphatic hydroxyl groups is 2. The minimum atomic E-state index is 0.0146. The van der Waals surface area contributed by atoms with E-state index in [1.54, 1.807) is 0 Å². The van der Waals surface area contributed by atoms with Gasteiger partial charge in [-0.25, -0.2) is 0 Å². The highest BCUT2D eigenvalue weighted by Gasteiger charge is 2.29. The van der Waals surface area contributed by atoms with Gasteiger partial charge in [0.25, 0.3) is 0 Å². The Kier molecular flexibility index (Phi) is 17.0. The van der Waals surface area contributed by atoms with Crippen molar-refractivity contribution in [3.63, 3.8) is 0 Å². The number of rotatable bonds is 20. The fraction of sp³-hybridized carbons (Fsp3) is 0.935. The largest absolute Gasteiger partial charge is 0.395 e. The lowest BCUT2D eigenvalue weighted by Crippen LogP contribution is -2.42.